The molecule has 0 fully saturated rings. The van der Waals surface area contributed by atoms with Crippen LogP contribution in [0.4, 0.5) is 5.69 Å². The Bertz CT molecular complexity index is 577. The predicted molar refractivity (Wildman–Crippen MR) is 75.5 cm³/mol. The number of nitrogens with zero attached hydrogens (tertiary/aromatic N) is 2. The summed E-state index contributed by atoms with van der Waals surface area (Å²) in [4.78, 5) is 24.0. The van der Waals surface area contributed by atoms with Crippen molar-refractivity contribution in [2.45, 2.75) is 19.4 Å². The van der Waals surface area contributed by atoms with Crippen molar-refractivity contribution in [1.29, 1.82) is 0 Å². The highest BCUT2D eigenvalue weighted by atomic mass is 32.1. The molecule has 2 aromatic rings. The van der Waals surface area contributed by atoms with Crippen molar-refractivity contribution in [3.8, 4) is 0 Å². The number of methoxy groups -OCH3 is 1. The third kappa shape index (κ3) is 4.20. The molecule has 20 heavy (non-hydrogen) atoms. The Morgan fingerprint density at radius 2 is 2.35 bits per heavy atom. The number of amides is 1. The van der Waals surface area contributed by atoms with Crippen LogP contribution in [0.3, 0.4) is 0 Å². The molecule has 0 saturated carbocycles. The Morgan fingerprint density at radius 3 is 3.05 bits per heavy atom. The second kappa shape index (κ2) is 6.85. The molecule has 0 radical (unpaired) electrons. The number of carbonyl (C=O) groups excluding carboxylic acids is 2. The normalized spacial score (nSPS) is 10.2. The van der Waals surface area contributed by atoms with Crippen LogP contribution >= 0.6 is 11.3 Å². The number of ether oxygens (including phenoxy) is 1. The zero-order valence-electron chi connectivity index (χ0n) is 11.0. The number of aromatic nitrogens is 2. The van der Waals surface area contributed by atoms with E-state index in [2.05, 4.69) is 15.2 Å². The molecule has 2 aromatic heterocycles. The number of carbonyl (C=O) groups is 2. The van der Waals surface area contributed by atoms with E-state index in [0.29, 0.717) is 12.1 Å². The molecule has 0 atom stereocenters. The Morgan fingerprint density at radius 1 is 1.50 bits per heavy atom. The van der Waals surface area contributed by atoms with Crippen molar-refractivity contribution in [3.63, 3.8) is 0 Å². The quantitative estimate of drug-likeness (QED) is 0.823. The lowest BCUT2D eigenvalue weighted by Gasteiger charge is -2.01. The fourth-order valence-corrected chi connectivity index (χ4v) is 2.34. The predicted octanol–water partition coefficient (Wildman–Crippen LogP) is 1.69. The molecule has 7 heteroatoms. The lowest BCUT2D eigenvalue weighted by atomic mass is 10.2. The molecule has 1 amide bonds. The van der Waals surface area contributed by atoms with Gasteiger partial charge in [-0.1, -0.05) is 6.07 Å². The molecular formula is C13H15N3O3S. The first kappa shape index (κ1) is 14.3. The van der Waals surface area contributed by atoms with Crippen LogP contribution < -0.4 is 5.32 Å². The minimum absolute atomic E-state index is 0.0293. The first-order valence-electron chi connectivity index (χ1n) is 6.09. The molecule has 0 bridgehead atoms. The van der Waals surface area contributed by atoms with E-state index in [1.54, 1.807) is 17.5 Å². The van der Waals surface area contributed by atoms with E-state index in [9.17, 15) is 9.59 Å². The standard InChI is InChI=1S/C13H15N3O3S/c1-19-13(18)9-16-8-10(7-14-16)15-12(17)5-4-11-3-2-6-20-11/h2-3,6-8H,4-5,9H2,1H3,(H,15,17). The average molecular weight is 293 g/mol. The summed E-state index contributed by atoms with van der Waals surface area (Å²) in [6.45, 7) is 0.0293. The summed E-state index contributed by atoms with van der Waals surface area (Å²) in [5.74, 6) is -0.459. The summed E-state index contributed by atoms with van der Waals surface area (Å²) < 4.78 is 5.96. The van der Waals surface area contributed by atoms with Gasteiger partial charge in [-0.25, -0.2) is 0 Å². The van der Waals surface area contributed by atoms with E-state index in [0.717, 1.165) is 6.42 Å². The molecule has 0 unspecified atom stereocenters. The van der Waals surface area contributed by atoms with Gasteiger partial charge in [0.15, 0.2) is 0 Å². The van der Waals surface area contributed by atoms with Gasteiger partial charge in [-0.3, -0.25) is 14.3 Å². The molecule has 1 N–H and O–H groups in total. The number of rotatable bonds is 6. The van der Waals surface area contributed by atoms with Crippen molar-refractivity contribution < 1.29 is 14.3 Å². The highest BCUT2D eigenvalue weighted by molar-refractivity contribution is 7.09. The second-order valence-corrected chi connectivity index (χ2v) is 5.16. The van der Waals surface area contributed by atoms with Gasteiger partial charge in [0.1, 0.15) is 6.54 Å². The molecule has 0 aromatic carbocycles. The molecule has 2 rings (SSSR count). The summed E-state index contributed by atoms with van der Waals surface area (Å²) in [6, 6.07) is 3.97. The molecule has 6 nitrogen and oxygen atoms in total. The van der Waals surface area contributed by atoms with Crippen molar-refractivity contribution in [1.82, 2.24) is 9.78 Å². The molecule has 0 spiro atoms. The monoisotopic (exact) mass is 293 g/mol. The number of esters is 1. The highest BCUT2D eigenvalue weighted by Crippen LogP contribution is 2.12. The summed E-state index contributed by atoms with van der Waals surface area (Å²) in [5, 5.41) is 8.71. The van der Waals surface area contributed by atoms with E-state index in [-0.39, 0.29) is 18.4 Å². The Hall–Kier alpha value is -2.15. The number of anilines is 1. The zero-order chi connectivity index (χ0) is 14.4. The van der Waals surface area contributed by atoms with Gasteiger partial charge < -0.3 is 10.1 Å². The summed E-state index contributed by atoms with van der Waals surface area (Å²) >= 11 is 1.64. The van der Waals surface area contributed by atoms with Gasteiger partial charge in [-0.05, 0) is 17.9 Å². The van der Waals surface area contributed by atoms with Gasteiger partial charge in [0.25, 0.3) is 0 Å². The first-order chi connectivity index (χ1) is 9.67. The maximum atomic E-state index is 11.8. The second-order valence-electron chi connectivity index (χ2n) is 4.13. The van der Waals surface area contributed by atoms with Gasteiger partial charge in [0.05, 0.1) is 19.0 Å². The van der Waals surface area contributed by atoms with Crippen molar-refractivity contribution in [3.05, 3.63) is 34.8 Å². The highest BCUT2D eigenvalue weighted by Gasteiger charge is 2.07. The Labute approximate surface area is 120 Å². The molecule has 0 aliphatic rings. The van der Waals surface area contributed by atoms with E-state index < -0.39 is 0 Å². The molecule has 2 heterocycles. The van der Waals surface area contributed by atoms with Crippen LogP contribution in [0.2, 0.25) is 0 Å². The zero-order valence-corrected chi connectivity index (χ0v) is 11.9. The van der Waals surface area contributed by atoms with Crippen LogP contribution in [0, 0.1) is 0 Å². The van der Waals surface area contributed by atoms with Crippen molar-refractivity contribution >= 4 is 28.9 Å². The van der Waals surface area contributed by atoms with E-state index in [1.165, 1.54) is 22.9 Å². The molecule has 0 aliphatic carbocycles. The van der Waals surface area contributed by atoms with Crippen LogP contribution in [0.5, 0.6) is 0 Å². The molecular weight excluding hydrogens is 278 g/mol. The van der Waals surface area contributed by atoms with E-state index >= 15 is 0 Å². The van der Waals surface area contributed by atoms with Crippen molar-refractivity contribution in [2.24, 2.45) is 0 Å². The summed E-state index contributed by atoms with van der Waals surface area (Å²) in [7, 11) is 1.32. The van der Waals surface area contributed by atoms with Crippen LogP contribution in [0.25, 0.3) is 0 Å². The van der Waals surface area contributed by atoms with E-state index in [1.807, 2.05) is 17.5 Å². The molecule has 0 aliphatic heterocycles. The third-order valence-electron chi connectivity index (χ3n) is 2.61. The van der Waals surface area contributed by atoms with Gasteiger partial charge in [0, 0.05) is 17.5 Å². The smallest absolute Gasteiger partial charge is 0.327 e. The number of nitrogens with one attached hydrogen (secondary N) is 1. The lowest BCUT2D eigenvalue weighted by Crippen LogP contribution is -2.13. The van der Waals surface area contributed by atoms with Gasteiger partial charge in [-0.15, -0.1) is 11.3 Å². The maximum absolute atomic E-state index is 11.8. The SMILES string of the molecule is COC(=O)Cn1cc(NC(=O)CCc2cccs2)cn1. The lowest BCUT2D eigenvalue weighted by molar-refractivity contribution is -0.141. The number of hydrogen-bond donors (Lipinski definition) is 1. The minimum Gasteiger partial charge on any atom is -0.468 e. The van der Waals surface area contributed by atoms with Gasteiger partial charge in [0.2, 0.25) is 5.91 Å². The number of thiophene rings is 1. The largest absolute Gasteiger partial charge is 0.468 e. The van der Waals surface area contributed by atoms with E-state index in [4.69, 9.17) is 0 Å². The average Bonchev–Trinajstić information content (AvgIpc) is 3.08. The fraction of sp³-hybridized carbons (Fsp3) is 0.308. The molecule has 106 valence electrons. The fourth-order valence-electron chi connectivity index (χ4n) is 1.63. The maximum Gasteiger partial charge on any atom is 0.327 e. The van der Waals surface area contributed by atoms with Crippen LogP contribution in [-0.4, -0.2) is 28.8 Å². The van der Waals surface area contributed by atoms with Gasteiger partial charge >= 0.3 is 5.97 Å². The minimum atomic E-state index is -0.385. The van der Waals surface area contributed by atoms with Crippen molar-refractivity contribution in [2.75, 3.05) is 12.4 Å². The third-order valence-corrected chi connectivity index (χ3v) is 3.55. The van der Waals surface area contributed by atoms with Crippen LogP contribution in [0.15, 0.2) is 29.9 Å². The topological polar surface area (TPSA) is 73.2 Å². The summed E-state index contributed by atoms with van der Waals surface area (Å²) in [5.41, 5.74) is 0.574. The molecule has 0 saturated heterocycles. The number of aryl methyl sites for hydroxylation is 1. The van der Waals surface area contributed by atoms with Crippen LogP contribution in [0.1, 0.15) is 11.3 Å². The first-order valence-corrected chi connectivity index (χ1v) is 6.97. The van der Waals surface area contributed by atoms with Crippen LogP contribution in [-0.2, 0) is 27.3 Å². The Balaban J connectivity index is 1.80. The number of hydrogen-bond acceptors (Lipinski definition) is 5. The summed E-state index contributed by atoms with van der Waals surface area (Å²) in [6.07, 6.45) is 4.24. The Kier molecular flexibility index (Phi) is 4.89. The van der Waals surface area contributed by atoms with Gasteiger partial charge in [-0.2, -0.15) is 5.10 Å².